The Balaban J connectivity index is 2.46. The molecule has 2 amide bonds. The molecule has 6 heteroatoms. The van der Waals surface area contributed by atoms with E-state index in [9.17, 15) is 14.4 Å². The highest BCUT2D eigenvalue weighted by molar-refractivity contribution is 6.35. The molecule has 0 aliphatic carbocycles. The summed E-state index contributed by atoms with van der Waals surface area (Å²) < 4.78 is 0. The number of carboxylic acid groups (broad SMARTS) is 1. The second kappa shape index (κ2) is 5.65. The van der Waals surface area contributed by atoms with Gasteiger partial charge in [0, 0.05) is 19.1 Å². The van der Waals surface area contributed by atoms with Crippen molar-refractivity contribution in [2.24, 2.45) is 5.92 Å². The van der Waals surface area contributed by atoms with Gasteiger partial charge in [-0.1, -0.05) is 0 Å². The van der Waals surface area contributed by atoms with Crippen molar-refractivity contribution < 1.29 is 19.5 Å². The molecular weight excluding hydrogens is 224 g/mol. The maximum atomic E-state index is 11.7. The third-order valence-corrected chi connectivity index (χ3v) is 2.75. The third-order valence-electron chi connectivity index (χ3n) is 2.75. The van der Waals surface area contributed by atoms with Crippen molar-refractivity contribution >= 4 is 17.8 Å². The molecule has 0 radical (unpaired) electrons. The predicted octanol–water partition coefficient (Wildman–Crippen LogP) is -0.166. The molecule has 96 valence electrons. The molecule has 0 spiro atoms. The summed E-state index contributed by atoms with van der Waals surface area (Å²) in [6.07, 6.45) is 0.825. The minimum atomic E-state index is -0.830. The van der Waals surface area contributed by atoms with Gasteiger partial charge in [-0.05, 0) is 26.7 Å². The number of hydrogen-bond acceptors (Lipinski definition) is 3. The van der Waals surface area contributed by atoms with Gasteiger partial charge in [0.2, 0.25) is 0 Å². The number of nitrogens with one attached hydrogen (secondary N) is 1. The normalized spacial score (nSPS) is 17.0. The lowest BCUT2D eigenvalue weighted by Gasteiger charge is -2.29. The molecule has 17 heavy (non-hydrogen) atoms. The number of aliphatic carboxylic acids is 1. The molecule has 0 aromatic rings. The van der Waals surface area contributed by atoms with Crippen molar-refractivity contribution in [3.05, 3.63) is 0 Å². The second-order valence-corrected chi connectivity index (χ2v) is 4.53. The topological polar surface area (TPSA) is 86.7 Å². The van der Waals surface area contributed by atoms with E-state index in [0.29, 0.717) is 25.9 Å². The second-order valence-electron chi connectivity index (χ2n) is 4.53. The van der Waals surface area contributed by atoms with Crippen LogP contribution in [-0.4, -0.2) is 46.9 Å². The molecule has 2 N–H and O–H groups in total. The fourth-order valence-electron chi connectivity index (χ4n) is 1.80. The average Bonchev–Trinajstić information content (AvgIpc) is 2.27. The Labute approximate surface area is 100.0 Å². The smallest absolute Gasteiger partial charge is 0.311 e. The van der Waals surface area contributed by atoms with Crippen LogP contribution in [0.1, 0.15) is 26.7 Å². The maximum absolute atomic E-state index is 11.7. The molecule has 0 bridgehead atoms. The molecule has 6 nitrogen and oxygen atoms in total. The van der Waals surface area contributed by atoms with E-state index in [4.69, 9.17) is 5.11 Å². The van der Waals surface area contributed by atoms with Crippen molar-refractivity contribution in [1.82, 2.24) is 10.2 Å². The van der Waals surface area contributed by atoms with Crippen molar-refractivity contribution in [2.75, 3.05) is 13.1 Å². The summed E-state index contributed by atoms with van der Waals surface area (Å²) in [5, 5.41) is 11.3. The molecule has 0 unspecified atom stereocenters. The highest BCUT2D eigenvalue weighted by Gasteiger charge is 2.29. The van der Waals surface area contributed by atoms with Gasteiger partial charge in [0.1, 0.15) is 0 Å². The van der Waals surface area contributed by atoms with Crippen molar-refractivity contribution in [1.29, 1.82) is 0 Å². The van der Waals surface area contributed by atoms with Crippen LogP contribution in [0.2, 0.25) is 0 Å². The van der Waals surface area contributed by atoms with Crippen LogP contribution in [0, 0.1) is 5.92 Å². The first-order valence-electron chi connectivity index (χ1n) is 5.74. The fraction of sp³-hybridized carbons (Fsp3) is 0.727. The zero-order valence-corrected chi connectivity index (χ0v) is 10.1. The summed E-state index contributed by atoms with van der Waals surface area (Å²) >= 11 is 0. The first-order valence-corrected chi connectivity index (χ1v) is 5.74. The van der Waals surface area contributed by atoms with Crippen LogP contribution in [0.5, 0.6) is 0 Å². The number of carbonyl (C=O) groups excluding carboxylic acids is 2. The monoisotopic (exact) mass is 242 g/mol. The molecule has 0 aromatic heterocycles. The Kier molecular flexibility index (Phi) is 4.48. The van der Waals surface area contributed by atoms with Crippen molar-refractivity contribution in [3.8, 4) is 0 Å². The SMILES string of the molecule is CC(C)NC(=O)C(=O)N1CCC(C(=O)O)CC1. The summed E-state index contributed by atoms with van der Waals surface area (Å²) in [7, 11) is 0. The van der Waals surface area contributed by atoms with E-state index < -0.39 is 23.7 Å². The summed E-state index contributed by atoms with van der Waals surface area (Å²) in [4.78, 5) is 35.3. The number of amides is 2. The van der Waals surface area contributed by atoms with Gasteiger partial charge in [-0.25, -0.2) is 0 Å². The summed E-state index contributed by atoms with van der Waals surface area (Å²) in [5.74, 6) is -2.41. The molecule has 1 saturated heterocycles. The first kappa shape index (κ1) is 13.5. The number of nitrogens with zero attached hydrogens (tertiary/aromatic N) is 1. The Morgan fingerprint density at radius 3 is 2.18 bits per heavy atom. The Bertz CT molecular complexity index is 319. The fourth-order valence-corrected chi connectivity index (χ4v) is 1.80. The van der Waals surface area contributed by atoms with Gasteiger partial charge in [-0.15, -0.1) is 0 Å². The van der Waals surface area contributed by atoms with Crippen LogP contribution in [0.3, 0.4) is 0 Å². The number of carbonyl (C=O) groups is 3. The molecule has 1 aliphatic heterocycles. The van der Waals surface area contributed by atoms with Gasteiger partial charge in [0.25, 0.3) is 0 Å². The van der Waals surface area contributed by atoms with Gasteiger partial charge in [0.15, 0.2) is 0 Å². The number of carboxylic acids is 1. The Morgan fingerprint density at radius 1 is 1.24 bits per heavy atom. The van der Waals surface area contributed by atoms with E-state index in [2.05, 4.69) is 5.32 Å². The lowest BCUT2D eigenvalue weighted by molar-refractivity contribution is -0.149. The minimum Gasteiger partial charge on any atom is -0.481 e. The van der Waals surface area contributed by atoms with Crippen LogP contribution < -0.4 is 5.32 Å². The molecule has 1 heterocycles. The van der Waals surface area contributed by atoms with E-state index in [0.717, 1.165) is 0 Å². The van der Waals surface area contributed by atoms with Crippen LogP contribution >= 0.6 is 0 Å². The summed E-state index contributed by atoms with van der Waals surface area (Å²) in [6, 6.07) is -0.0805. The van der Waals surface area contributed by atoms with Crippen molar-refractivity contribution in [3.63, 3.8) is 0 Å². The van der Waals surface area contributed by atoms with Gasteiger partial charge in [-0.2, -0.15) is 0 Å². The van der Waals surface area contributed by atoms with E-state index >= 15 is 0 Å². The molecule has 0 saturated carbocycles. The standard InChI is InChI=1S/C11H18N2O4/c1-7(2)12-9(14)10(15)13-5-3-8(4-6-13)11(16)17/h7-8H,3-6H2,1-2H3,(H,12,14)(H,16,17). The number of piperidine rings is 1. The summed E-state index contributed by atoms with van der Waals surface area (Å²) in [5.41, 5.74) is 0. The van der Waals surface area contributed by atoms with Crippen LogP contribution in [0.25, 0.3) is 0 Å². The molecule has 0 atom stereocenters. The molecular formula is C11H18N2O4. The van der Waals surface area contributed by atoms with Crippen LogP contribution in [-0.2, 0) is 14.4 Å². The quantitative estimate of drug-likeness (QED) is 0.658. The van der Waals surface area contributed by atoms with E-state index in [-0.39, 0.29) is 6.04 Å². The number of hydrogen-bond donors (Lipinski definition) is 2. The maximum Gasteiger partial charge on any atom is 0.311 e. The first-order chi connectivity index (χ1) is 7.91. The largest absolute Gasteiger partial charge is 0.481 e. The highest BCUT2D eigenvalue weighted by Crippen LogP contribution is 2.17. The van der Waals surface area contributed by atoms with Gasteiger partial charge >= 0.3 is 17.8 Å². The molecule has 1 fully saturated rings. The molecule has 1 aliphatic rings. The lowest BCUT2D eigenvalue weighted by atomic mass is 9.97. The minimum absolute atomic E-state index is 0.0805. The Morgan fingerprint density at radius 2 is 1.76 bits per heavy atom. The molecule has 0 aromatic carbocycles. The molecule has 1 rings (SSSR count). The number of likely N-dealkylation sites (tertiary alicyclic amines) is 1. The van der Waals surface area contributed by atoms with Gasteiger partial charge in [-0.3, -0.25) is 14.4 Å². The average molecular weight is 242 g/mol. The zero-order chi connectivity index (χ0) is 13.0. The third kappa shape index (κ3) is 3.72. The van der Waals surface area contributed by atoms with Crippen LogP contribution in [0.15, 0.2) is 0 Å². The van der Waals surface area contributed by atoms with E-state index in [1.807, 2.05) is 0 Å². The van der Waals surface area contributed by atoms with Gasteiger partial charge in [0.05, 0.1) is 5.92 Å². The zero-order valence-electron chi connectivity index (χ0n) is 10.1. The van der Waals surface area contributed by atoms with Crippen molar-refractivity contribution in [2.45, 2.75) is 32.7 Å². The van der Waals surface area contributed by atoms with Gasteiger partial charge < -0.3 is 15.3 Å². The Hall–Kier alpha value is -1.59. The highest BCUT2D eigenvalue weighted by atomic mass is 16.4. The van der Waals surface area contributed by atoms with E-state index in [1.165, 1.54) is 4.90 Å². The van der Waals surface area contributed by atoms with E-state index in [1.54, 1.807) is 13.8 Å². The predicted molar refractivity (Wildman–Crippen MR) is 60.2 cm³/mol. The van der Waals surface area contributed by atoms with Crippen LogP contribution in [0.4, 0.5) is 0 Å². The lowest BCUT2D eigenvalue weighted by Crippen LogP contribution is -2.48. The summed E-state index contributed by atoms with van der Waals surface area (Å²) in [6.45, 7) is 4.23. The number of rotatable bonds is 2.